The number of pyridine rings is 1. The van der Waals surface area contributed by atoms with Crippen molar-refractivity contribution in [2.75, 3.05) is 18.5 Å². The van der Waals surface area contributed by atoms with E-state index in [1.807, 2.05) is 6.07 Å². The molecule has 164 valence electrons. The van der Waals surface area contributed by atoms with Crippen LogP contribution < -0.4 is 5.32 Å². The number of halogens is 3. The maximum atomic E-state index is 13.2. The van der Waals surface area contributed by atoms with Crippen molar-refractivity contribution in [3.05, 3.63) is 58.4 Å². The largest absolute Gasteiger partial charge is 0.416 e. The molecule has 2 N–H and O–H groups in total. The van der Waals surface area contributed by atoms with Gasteiger partial charge in [0.25, 0.3) is 0 Å². The third-order valence-corrected chi connectivity index (χ3v) is 5.84. The van der Waals surface area contributed by atoms with Gasteiger partial charge >= 0.3 is 6.18 Å². The van der Waals surface area contributed by atoms with E-state index in [9.17, 15) is 18.3 Å². The first-order chi connectivity index (χ1) is 14.7. The number of hydrogen-bond acceptors (Lipinski definition) is 6. The minimum absolute atomic E-state index is 0.144. The van der Waals surface area contributed by atoms with Crippen LogP contribution >= 0.6 is 0 Å². The lowest BCUT2D eigenvalue weighted by molar-refractivity contribution is -0.138. The Hall–Kier alpha value is -2.78. The number of hydrogen-bond donors (Lipinski definition) is 2. The van der Waals surface area contributed by atoms with Crippen molar-refractivity contribution in [1.82, 2.24) is 15.2 Å². The van der Waals surface area contributed by atoms with Gasteiger partial charge in [-0.3, -0.25) is 4.98 Å². The van der Waals surface area contributed by atoms with Gasteiger partial charge in [-0.2, -0.15) is 18.3 Å². The molecule has 0 bridgehead atoms. The van der Waals surface area contributed by atoms with Crippen LogP contribution in [0.5, 0.6) is 0 Å². The van der Waals surface area contributed by atoms with Gasteiger partial charge in [-0.25, -0.2) is 0 Å². The summed E-state index contributed by atoms with van der Waals surface area (Å²) in [6.07, 6.45) is -1.84. The monoisotopic (exact) mass is 432 g/mol. The summed E-state index contributed by atoms with van der Waals surface area (Å²) in [5, 5.41) is 23.1. The van der Waals surface area contributed by atoms with E-state index >= 15 is 0 Å². The van der Waals surface area contributed by atoms with Crippen molar-refractivity contribution in [2.45, 2.75) is 45.0 Å². The highest BCUT2D eigenvalue weighted by molar-refractivity contribution is 5.90. The Balaban J connectivity index is 1.68. The van der Waals surface area contributed by atoms with Crippen LogP contribution in [0.3, 0.4) is 0 Å². The number of aryl methyl sites for hydroxylation is 1. The Morgan fingerprint density at radius 3 is 2.61 bits per heavy atom. The van der Waals surface area contributed by atoms with E-state index in [4.69, 9.17) is 4.74 Å². The second-order valence-electron chi connectivity index (χ2n) is 7.84. The molecule has 6 nitrogen and oxygen atoms in total. The summed E-state index contributed by atoms with van der Waals surface area (Å²) in [6.45, 7) is 4.31. The van der Waals surface area contributed by atoms with E-state index in [1.165, 1.54) is 13.0 Å². The number of aliphatic hydroxyl groups is 1. The molecule has 1 saturated heterocycles. The van der Waals surface area contributed by atoms with Crippen molar-refractivity contribution in [3.8, 4) is 0 Å². The van der Waals surface area contributed by atoms with Crippen LogP contribution in [0.2, 0.25) is 0 Å². The first kappa shape index (κ1) is 21.5. The number of rotatable bonds is 4. The molecule has 3 heterocycles. The van der Waals surface area contributed by atoms with Crippen LogP contribution in [-0.4, -0.2) is 33.5 Å². The molecule has 1 aromatic carbocycles. The Labute approximate surface area is 177 Å². The summed E-state index contributed by atoms with van der Waals surface area (Å²) in [7, 11) is 0. The third kappa shape index (κ3) is 4.20. The van der Waals surface area contributed by atoms with Gasteiger partial charge in [0.2, 0.25) is 0 Å². The summed E-state index contributed by atoms with van der Waals surface area (Å²) < 4.78 is 45.0. The highest BCUT2D eigenvalue weighted by Gasteiger charge is 2.33. The van der Waals surface area contributed by atoms with E-state index in [1.54, 1.807) is 19.2 Å². The van der Waals surface area contributed by atoms with Gasteiger partial charge in [-0.05, 0) is 37.1 Å². The Morgan fingerprint density at radius 1 is 1.16 bits per heavy atom. The van der Waals surface area contributed by atoms with Gasteiger partial charge in [0.05, 0.1) is 22.4 Å². The topological polar surface area (TPSA) is 80.2 Å². The maximum Gasteiger partial charge on any atom is 0.416 e. The number of nitrogens with zero attached hydrogens (tertiary/aromatic N) is 3. The molecule has 3 aromatic rings. The van der Waals surface area contributed by atoms with Crippen LogP contribution in [0.1, 0.15) is 40.8 Å². The number of anilines is 1. The van der Waals surface area contributed by atoms with Crippen LogP contribution in [0.15, 0.2) is 30.5 Å². The second kappa shape index (κ2) is 8.05. The molecule has 1 fully saturated rings. The average molecular weight is 432 g/mol. The van der Waals surface area contributed by atoms with Crippen molar-refractivity contribution in [1.29, 1.82) is 0 Å². The fourth-order valence-electron chi connectivity index (χ4n) is 3.90. The maximum absolute atomic E-state index is 13.2. The van der Waals surface area contributed by atoms with Crippen LogP contribution in [0.25, 0.3) is 10.9 Å². The molecule has 1 aliphatic heterocycles. The molecule has 0 spiro atoms. The fraction of sp³-hybridized carbons (Fsp3) is 0.409. The second-order valence-corrected chi connectivity index (χ2v) is 7.84. The molecule has 1 aliphatic rings. The van der Waals surface area contributed by atoms with Gasteiger partial charge in [-0.15, -0.1) is 5.10 Å². The van der Waals surface area contributed by atoms with Crippen molar-refractivity contribution < 1.29 is 23.0 Å². The zero-order valence-electron chi connectivity index (χ0n) is 17.3. The highest BCUT2D eigenvalue weighted by Crippen LogP contribution is 2.35. The first-order valence-electron chi connectivity index (χ1n) is 10.0. The van der Waals surface area contributed by atoms with E-state index in [0.717, 1.165) is 6.07 Å². The molecule has 31 heavy (non-hydrogen) atoms. The zero-order valence-corrected chi connectivity index (χ0v) is 17.3. The summed E-state index contributed by atoms with van der Waals surface area (Å²) in [5.74, 6) is 0.405. The molecular weight excluding hydrogens is 409 g/mol. The zero-order chi connectivity index (χ0) is 22.2. The number of alkyl halides is 3. The normalized spacial score (nSPS) is 16.5. The lowest BCUT2D eigenvalue weighted by Crippen LogP contribution is -2.33. The first-order valence-corrected chi connectivity index (χ1v) is 10.0. The standard InChI is InChI=1S/C22H23F3N4O2/c1-13-15(4-3-5-18(13)22(23,24)25)11-27-20-17-10-16(21(30)6-8-31-9-7-21)12-26-19(17)14(2)28-29-20/h3-5,10,12,30H,6-9,11H2,1-2H3,(H,27,29). The molecule has 0 radical (unpaired) electrons. The smallest absolute Gasteiger partial charge is 0.385 e. The Kier molecular flexibility index (Phi) is 5.57. The molecule has 0 amide bonds. The fourth-order valence-corrected chi connectivity index (χ4v) is 3.90. The van der Waals surface area contributed by atoms with E-state index in [0.29, 0.717) is 59.6 Å². The van der Waals surface area contributed by atoms with Gasteiger partial charge in [0.1, 0.15) is 0 Å². The number of aromatic nitrogens is 3. The molecule has 2 aromatic heterocycles. The lowest BCUT2D eigenvalue weighted by Gasteiger charge is -2.32. The average Bonchev–Trinajstić information content (AvgIpc) is 2.73. The van der Waals surface area contributed by atoms with E-state index in [2.05, 4.69) is 20.5 Å². The lowest BCUT2D eigenvalue weighted by atomic mass is 9.87. The molecule has 0 unspecified atom stereocenters. The van der Waals surface area contributed by atoms with Gasteiger partial charge in [-0.1, -0.05) is 12.1 Å². The quantitative estimate of drug-likeness (QED) is 0.641. The molecule has 0 aliphatic carbocycles. The number of nitrogens with one attached hydrogen (secondary N) is 1. The van der Waals surface area contributed by atoms with Crippen molar-refractivity contribution in [2.24, 2.45) is 0 Å². The van der Waals surface area contributed by atoms with E-state index < -0.39 is 17.3 Å². The molecule has 4 rings (SSSR count). The minimum Gasteiger partial charge on any atom is -0.385 e. The molecule has 0 atom stereocenters. The van der Waals surface area contributed by atoms with Crippen LogP contribution in [0, 0.1) is 13.8 Å². The predicted molar refractivity (Wildman–Crippen MR) is 110 cm³/mol. The summed E-state index contributed by atoms with van der Waals surface area (Å²) >= 11 is 0. The number of fused-ring (bicyclic) bond motifs is 1. The Bertz CT molecular complexity index is 1110. The molecule has 0 saturated carbocycles. The third-order valence-electron chi connectivity index (χ3n) is 5.84. The van der Waals surface area contributed by atoms with Crippen LogP contribution in [0.4, 0.5) is 19.0 Å². The molecule has 9 heteroatoms. The summed E-state index contributed by atoms with van der Waals surface area (Å²) in [5.41, 5.74) is 0.899. The van der Waals surface area contributed by atoms with Crippen molar-refractivity contribution >= 4 is 16.7 Å². The molecular formula is C22H23F3N4O2. The number of benzene rings is 1. The summed E-state index contributed by atoms with van der Waals surface area (Å²) in [6, 6.07) is 5.95. The highest BCUT2D eigenvalue weighted by atomic mass is 19.4. The van der Waals surface area contributed by atoms with Crippen LogP contribution in [-0.2, 0) is 23.1 Å². The summed E-state index contributed by atoms with van der Waals surface area (Å²) in [4.78, 5) is 4.49. The van der Waals surface area contributed by atoms with Gasteiger partial charge < -0.3 is 15.2 Å². The SMILES string of the molecule is Cc1c(CNc2nnc(C)c3ncc(C4(O)CCOCC4)cc23)cccc1C(F)(F)F. The van der Waals surface area contributed by atoms with Gasteiger partial charge in [0, 0.05) is 49.7 Å². The van der Waals surface area contributed by atoms with E-state index in [-0.39, 0.29) is 12.1 Å². The van der Waals surface area contributed by atoms with Crippen molar-refractivity contribution in [3.63, 3.8) is 0 Å². The predicted octanol–water partition coefficient (Wildman–Crippen LogP) is 4.27. The minimum atomic E-state index is -4.41. The van der Waals surface area contributed by atoms with Gasteiger partial charge in [0.15, 0.2) is 5.82 Å². The Morgan fingerprint density at radius 2 is 1.90 bits per heavy atom. The number of ether oxygens (including phenoxy) is 1.